The van der Waals surface area contributed by atoms with Gasteiger partial charge in [-0.05, 0) is 51.3 Å². The zero-order valence-corrected chi connectivity index (χ0v) is 11.9. The molecule has 0 aliphatic carbocycles. The normalized spacial score (nSPS) is 25.5. The third-order valence-electron chi connectivity index (χ3n) is 4.16. The fraction of sp³-hybridized carbons (Fsp3) is 0.625. The summed E-state index contributed by atoms with van der Waals surface area (Å²) >= 11 is 0. The number of rotatable bonds is 3. The number of benzene rings is 1. The predicted octanol–water partition coefficient (Wildman–Crippen LogP) is 2.99. The molecule has 0 aromatic heterocycles. The van der Waals surface area contributed by atoms with Gasteiger partial charge in [-0.3, -0.25) is 0 Å². The van der Waals surface area contributed by atoms with Crippen molar-refractivity contribution in [2.75, 3.05) is 13.1 Å². The molecule has 1 fully saturated rings. The van der Waals surface area contributed by atoms with E-state index in [0.717, 1.165) is 32.4 Å². The standard InChI is InChI=1S/C16H24FNO/c1-13(2)18-10-5-8-16(19,9-11-18)12-14-6-3-4-7-15(14)17/h3-4,6-7,13,19H,5,8-12H2,1-2H3. The van der Waals surface area contributed by atoms with E-state index >= 15 is 0 Å². The lowest BCUT2D eigenvalue weighted by Crippen LogP contribution is -2.35. The van der Waals surface area contributed by atoms with Crippen LogP contribution in [0.15, 0.2) is 24.3 Å². The van der Waals surface area contributed by atoms with Crippen LogP contribution in [0.2, 0.25) is 0 Å². The minimum Gasteiger partial charge on any atom is -0.389 e. The molecule has 1 atom stereocenters. The van der Waals surface area contributed by atoms with E-state index in [0.29, 0.717) is 18.0 Å². The second kappa shape index (κ2) is 6.02. The Morgan fingerprint density at radius 1 is 1.26 bits per heavy atom. The van der Waals surface area contributed by atoms with Crippen molar-refractivity contribution in [1.82, 2.24) is 4.90 Å². The van der Waals surface area contributed by atoms with Crippen LogP contribution in [-0.4, -0.2) is 34.7 Å². The summed E-state index contributed by atoms with van der Waals surface area (Å²) in [5.74, 6) is -0.208. The van der Waals surface area contributed by atoms with E-state index in [-0.39, 0.29) is 5.82 Å². The van der Waals surface area contributed by atoms with Gasteiger partial charge in [-0.25, -0.2) is 4.39 Å². The minimum absolute atomic E-state index is 0.208. The summed E-state index contributed by atoms with van der Waals surface area (Å²) in [6.45, 7) is 6.28. The first-order chi connectivity index (χ1) is 9.00. The summed E-state index contributed by atoms with van der Waals surface area (Å²) in [6, 6.07) is 7.28. The predicted molar refractivity (Wildman–Crippen MR) is 75.6 cm³/mol. The second-order valence-electron chi connectivity index (χ2n) is 5.98. The zero-order valence-electron chi connectivity index (χ0n) is 11.9. The second-order valence-corrected chi connectivity index (χ2v) is 5.98. The zero-order chi connectivity index (χ0) is 13.9. The first-order valence-electron chi connectivity index (χ1n) is 7.20. The van der Waals surface area contributed by atoms with Crippen LogP contribution in [0, 0.1) is 5.82 Å². The van der Waals surface area contributed by atoms with Gasteiger partial charge in [-0.1, -0.05) is 18.2 Å². The molecule has 0 saturated carbocycles. The van der Waals surface area contributed by atoms with Gasteiger partial charge in [0, 0.05) is 19.0 Å². The van der Waals surface area contributed by atoms with Gasteiger partial charge in [0.25, 0.3) is 0 Å². The van der Waals surface area contributed by atoms with Crippen molar-refractivity contribution in [1.29, 1.82) is 0 Å². The van der Waals surface area contributed by atoms with Crippen molar-refractivity contribution in [2.45, 2.75) is 51.2 Å². The highest BCUT2D eigenvalue weighted by molar-refractivity contribution is 5.19. The molecule has 1 saturated heterocycles. The lowest BCUT2D eigenvalue weighted by atomic mass is 9.87. The van der Waals surface area contributed by atoms with Crippen LogP contribution in [0.3, 0.4) is 0 Å². The highest BCUT2D eigenvalue weighted by Gasteiger charge is 2.31. The Balaban J connectivity index is 2.05. The molecule has 2 nitrogen and oxygen atoms in total. The Kier molecular flexibility index (Phi) is 4.58. The number of aliphatic hydroxyl groups is 1. The molecule has 19 heavy (non-hydrogen) atoms. The quantitative estimate of drug-likeness (QED) is 0.908. The monoisotopic (exact) mass is 265 g/mol. The molecule has 1 aromatic carbocycles. The fourth-order valence-electron chi connectivity index (χ4n) is 2.89. The molecule has 1 heterocycles. The van der Waals surface area contributed by atoms with Gasteiger partial charge in [0.05, 0.1) is 5.60 Å². The highest BCUT2D eigenvalue weighted by Crippen LogP contribution is 2.28. The summed E-state index contributed by atoms with van der Waals surface area (Å²) in [5.41, 5.74) is -0.130. The van der Waals surface area contributed by atoms with Crippen LogP contribution in [0.25, 0.3) is 0 Å². The molecule has 0 spiro atoms. The number of hydrogen-bond donors (Lipinski definition) is 1. The molecule has 3 heteroatoms. The molecule has 1 aromatic rings. The number of hydrogen-bond acceptors (Lipinski definition) is 2. The highest BCUT2D eigenvalue weighted by atomic mass is 19.1. The average molecular weight is 265 g/mol. The maximum atomic E-state index is 13.7. The summed E-state index contributed by atoms with van der Waals surface area (Å²) in [7, 11) is 0. The summed E-state index contributed by atoms with van der Waals surface area (Å²) in [4.78, 5) is 2.39. The van der Waals surface area contributed by atoms with Gasteiger partial charge in [-0.15, -0.1) is 0 Å². The molecule has 1 N–H and O–H groups in total. The van der Waals surface area contributed by atoms with Crippen molar-refractivity contribution in [3.05, 3.63) is 35.6 Å². The maximum absolute atomic E-state index is 13.7. The fourth-order valence-corrected chi connectivity index (χ4v) is 2.89. The van der Waals surface area contributed by atoms with E-state index in [1.807, 2.05) is 6.07 Å². The van der Waals surface area contributed by atoms with E-state index in [9.17, 15) is 9.50 Å². The SMILES string of the molecule is CC(C)N1CCCC(O)(Cc2ccccc2F)CC1. The van der Waals surface area contributed by atoms with Crippen LogP contribution in [-0.2, 0) is 6.42 Å². The molecule has 0 amide bonds. The van der Waals surface area contributed by atoms with Crippen LogP contribution in [0.4, 0.5) is 4.39 Å². The number of nitrogens with zero attached hydrogens (tertiary/aromatic N) is 1. The lowest BCUT2D eigenvalue weighted by Gasteiger charge is -2.28. The molecule has 106 valence electrons. The van der Waals surface area contributed by atoms with Gasteiger partial charge in [0.2, 0.25) is 0 Å². The Hall–Kier alpha value is -0.930. The van der Waals surface area contributed by atoms with Crippen LogP contribution in [0.1, 0.15) is 38.7 Å². The van der Waals surface area contributed by atoms with Gasteiger partial charge in [-0.2, -0.15) is 0 Å². The van der Waals surface area contributed by atoms with Crippen molar-refractivity contribution in [3.8, 4) is 0 Å². The van der Waals surface area contributed by atoms with E-state index in [1.165, 1.54) is 6.07 Å². The van der Waals surface area contributed by atoms with Crippen LogP contribution < -0.4 is 0 Å². The summed E-state index contributed by atoms with van der Waals surface area (Å²) < 4.78 is 13.7. The molecule has 1 unspecified atom stereocenters. The van der Waals surface area contributed by atoms with Gasteiger partial charge in [0.15, 0.2) is 0 Å². The molecular weight excluding hydrogens is 241 g/mol. The Bertz CT molecular complexity index is 421. The van der Waals surface area contributed by atoms with Crippen molar-refractivity contribution in [3.63, 3.8) is 0 Å². The number of likely N-dealkylation sites (tertiary alicyclic amines) is 1. The Labute approximate surface area is 115 Å². The largest absolute Gasteiger partial charge is 0.389 e. The molecule has 0 radical (unpaired) electrons. The maximum Gasteiger partial charge on any atom is 0.126 e. The number of halogens is 1. The first-order valence-corrected chi connectivity index (χ1v) is 7.20. The molecule has 1 aliphatic rings. The van der Waals surface area contributed by atoms with E-state index in [4.69, 9.17) is 0 Å². The van der Waals surface area contributed by atoms with Crippen LogP contribution >= 0.6 is 0 Å². The molecule has 0 bridgehead atoms. The smallest absolute Gasteiger partial charge is 0.126 e. The lowest BCUT2D eigenvalue weighted by molar-refractivity contribution is 0.0241. The topological polar surface area (TPSA) is 23.5 Å². The van der Waals surface area contributed by atoms with Crippen LogP contribution in [0.5, 0.6) is 0 Å². The van der Waals surface area contributed by atoms with E-state index in [1.54, 1.807) is 12.1 Å². The average Bonchev–Trinajstić information content (AvgIpc) is 2.55. The van der Waals surface area contributed by atoms with Gasteiger partial charge < -0.3 is 10.0 Å². The first kappa shape index (κ1) is 14.5. The van der Waals surface area contributed by atoms with Crippen molar-refractivity contribution in [2.24, 2.45) is 0 Å². The Morgan fingerprint density at radius 2 is 2.00 bits per heavy atom. The summed E-state index contributed by atoms with van der Waals surface area (Å²) in [5, 5.41) is 10.7. The van der Waals surface area contributed by atoms with E-state index in [2.05, 4.69) is 18.7 Å². The van der Waals surface area contributed by atoms with Crippen molar-refractivity contribution < 1.29 is 9.50 Å². The van der Waals surface area contributed by atoms with Crippen molar-refractivity contribution >= 4 is 0 Å². The molecular formula is C16H24FNO. The van der Waals surface area contributed by atoms with Gasteiger partial charge >= 0.3 is 0 Å². The third-order valence-corrected chi connectivity index (χ3v) is 4.16. The minimum atomic E-state index is -0.758. The Morgan fingerprint density at radius 3 is 2.68 bits per heavy atom. The van der Waals surface area contributed by atoms with Gasteiger partial charge in [0.1, 0.15) is 5.82 Å². The van der Waals surface area contributed by atoms with E-state index < -0.39 is 5.60 Å². The third kappa shape index (κ3) is 3.77. The summed E-state index contributed by atoms with van der Waals surface area (Å²) in [6.07, 6.45) is 2.87. The molecule has 1 aliphatic heterocycles. The molecule has 2 rings (SSSR count).